The van der Waals surface area contributed by atoms with Crippen LogP contribution in [0.5, 0.6) is 0 Å². The number of aromatic nitrogens is 3. The first-order chi connectivity index (χ1) is 12.3. The van der Waals surface area contributed by atoms with E-state index in [4.69, 9.17) is 13.7 Å². The fraction of sp³-hybridized carbons (Fsp3) is 0.722. The Labute approximate surface area is 147 Å². The standard InChI is InChI=1S/C18H26N4O3/c1-3-14-13(12(2)25-21-14)11-22-9-5-4-7-15(22)17-19-20-18(24-17)16-8-6-10-23-16/h15-16H,3-11H2,1-2H3/t15-,16+/m0/s1. The highest BCUT2D eigenvalue weighted by atomic mass is 16.5. The molecule has 0 bridgehead atoms. The number of rotatable bonds is 5. The molecule has 4 heterocycles. The molecule has 2 saturated heterocycles. The molecule has 2 atom stereocenters. The molecule has 0 saturated carbocycles. The zero-order chi connectivity index (χ0) is 17.2. The van der Waals surface area contributed by atoms with Crippen molar-refractivity contribution in [3.8, 4) is 0 Å². The fourth-order valence-corrected chi connectivity index (χ4v) is 3.86. The van der Waals surface area contributed by atoms with Gasteiger partial charge in [-0.05, 0) is 45.6 Å². The molecule has 0 aliphatic carbocycles. The van der Waals surface area contributed by atoms with Crippen LogP contribution >= 0.6 is 0 Å². The number of hydrogen-bond donors (Lipinski definition) is 0. The van der Waals surface area contributed by atoms with Crippen molar-refractivity contribution in [1.82, 2.24) is 20.3 Å². The fourth-order valence-electron chi connectivity index (χ4n) is 3.86. The summed E-state index contributed by atoms with van der Waals surface area (Å²) in [6.45, 7) is 6.73. The quantitative estimate of drug-likeness (QED) is 0.820. The van der Waals surface area contributed by atoms with Gasteiger partial charge in [0.1, 0.15) is 11.9 Å². The second-order valence-corrected chi connectivity index (χ2v) is 6.98. The van der Waals surface area contributed by atoms with E-state index in [9.17, 15) is 0 Å². The molecule has 2 aliphatic heterocycles. The second-order valence-electron chi connectivity index (χ2n) is 6.98. The molecule has 25 heavy (non-hydrogen) atoms. The lowest BCUT2D eigenvalue weighted by Gasteiger charge is -2.33. The van der Waals surface area contributed by atoms with Crippen molar-refractivity contribution in [2.75, 3.05) is 13.2 Å². The van der Waals surface area contributed by atoms with E-state index in [0.29, 0.717) is 5.89 Å². The lowest BCUT2D eigenvalue weighted by Crippen LogP contribution is -2.33. The maximum Gasteiger partial charge on any atom is 0.245 e. The average Bonchev–Trinajstić information content (AvgIpc) is 3.37. The van der Waals surface area contributed by atoms with E-state index >= 15 is 0 Å². The molecular formula is C18H26N4O3. The van der Waals surface area contributed by atoms with Crippen molar-refractivity contribution in [3.63, 3.8) is 0 Å². The first kappa shape index (κ1) is 16.7. The number of hydrogen-bond acceptors (Lipinski definition) is 7. The summed E-state index contributed by atoms with van der Waals surface area (Å²) in [5.41, 5.74) is 2.25. The Morgan fingerprint density at radius 2 is 2.00 bits per heavy atom. The van der Waals surface area contributed by atoms with Crippen LogP contribution in [0.1, 0.15) is 80.0 Å². The zero-order valence-electron chi connectivity index (χ0n) is 15.0. The average molecular weight is 346 g/mol. The van der Waals surface area contributed by atoms with Crippen molar-refractivity contribution in [3.05, 3.63) is 28.8 Å². The lowest BCUT2D eigenvalue weighted by atomic mass is 10.0. The van der Waals surface area contributed by atoms with Gasteiger partial charge in [0, 0.05) is 18.7 Å². The molecule has 2 aromatic rings. The van der Waals surface area contributed by atoms with Gasteiger partial charge in [-0.3, -0.25) is 4.90 Å². The third-order valence-corrected chi connectivity index (χ3v) is 5.32. The first-order valence-corrected chi connectivity index (χ1v) is 9.39. The van der Waals surface area contributed by atoms with Gasteiger partial charge < -0.3 is 13.7 Å². The normalized spacial score (nSPS) is 24.9. The second kappa shape index (κ2) is 7.25. The van der Waals surface area contributed by atoms with Crippen molar-refractivity contribution in [1.29, 1.82) is 0 Å². The van der Waals surface area contributed by atoms with E-state index < -0.39 is 0 Å². The Morgan fingerprint density at radius 1 is 1.12 bits per heavy atom. The monoisotopic (exact) mass is 346 g/mol. The molecule has 4 rings (SSSR count). The molecule has 0 aromatic carbocycles. The maximum atomic E-state index is 6.02. The topological polar surface area (TPSA) is 77.4 Å². The molecule has 0 amide bonds. The summed E-state index contributed by atoms with van der Waals surface area (Å²) in [5.74, 6) is 2.26. The number of likely N-dealkylation sites (tertiary alicyclic amines) is 1. The summed E-state index contributed by atoms with van der Waals surface area (Å²) in [6, 6.07) is 0.162. The highest BCUT2D eigenvalue weighted by molar-refractivity contribution is 5.22. The third-order valence-electron chi connectivity index (χ3n) is 5.32. The summed E-state index contributed by atoms with van der Waals surface area (Å²) in [6.07, 6.45) is 6.30. The van der Waals surface area contributed by atoms with Crippen molar-refractivity contribution >= 4 is 0 Å². The number of aryl methyl sites for hydroxylation is 2. The number of ether oxygens (including phenoxy) is 1. The number of nitrogens with zero attached hydrogens (tertiary/aromatic N) is 4. The van der Waals surface area contributed by atoms with Gasteiger partial charge in [0.2, 0.25) is 11.8 Å². The molecule has 7 heteroatoms. The first-order valence-electron chi connectivity index (χ1n) is 9.39. The Bertz CT molecular complexity index is 705. The predicted molar refractivity (Wildman–Crippen MR) is 89.8 cm³/mol. The molecule has 2 aromatic heterocycles. The van der Waals surface area contributed by atoms with Gasteiger partial charge in [-0.2, -0.15) is 0 Å². The Balaban J connectivity index is 1.53. The molecule has 7 nitrogen and oxygen atoms in total. The van der Waals surface area contributed by atoms with Crippen LogP contribution < -0.4 is 0 Å². The summed E-state index contributed by atoms with van der Waals surface area (Å²) in [4.78, 5) is 2.43. The zero-order valence-corrected chi connectivity index (χ0v) is 15.0. The summed E-state index contributed by atoms with van der Waals surface area (Å²) >= 11 is 0. The summed E-state index contributed by atoms with van der Waals surface area (Å²) in [5, 5.41) is 12.8. The van der Waals surface area contributed by atoms with Crippen LogP contribution in [-0.2, 0) is 17.7 Å². The van der Waals surface area contributed by atoms with E-state index in [0.717, 1.165) is 62.7 Å². The SMILES string of the molecule is CCc1noc(C)c1CN1CCCC[C@H]1c1nnc([C@H]2CCCO2)o1. The molecule has 0 unspecified atom stereocenters. The van der Waals surface area contributed by atoms with Crippen LogP contribution in [0.2, 0.25) is 0 Å². The molecule has 2 fully saturated rings. The molecular weight excluding hydrogens is 320 g/mol. The lowest BCUT2D eigenvalue weighted by molar-refractivity contribution is 0.0793. The van der Waals surface area contributed by atoms with Crippen molar-refractivity contribution < 1.29 is 13.7 Å². The van der Waals surface area contributed by atoms with Crippen LogP contribution in [0.3, 0.4) is 0 Å². The van der Waals surface area contributed by atoms with Gasteiger partial charge >= 0.3 is 0 Å². The smallest absolute Gasteiger partial charge is 0.245 e. The Hall–Kier alpha value is -1.73. The van der Waals surface area contributed by atoms with Crippen LogP contribution in [0.4, 0.5) is 0 Å². The molecule has 0 radical (unpaired) electrons. The molecule has 0 N–H and O–H groups in total. The minimum Gasteiger partial charge on any atom is -0.421 e. The Kier molecular flexibility index (Phi) is 4.85. The van der Waals surface area contributed by atoms with E-state index in [-0.39, 0.29) is 12.1 Å². The highest BCUT2D eigenvalue weighted by Crippen LogP contribution is 2.34. The van der Waals surface area contributed by atoms with Gasteiger partial charge in [-0.1, -0.05) is 18.5 Å². The van der Waals surface area contributed by atoms with E-state index in [1.54, 1.807) is 0 Å². The number of piperidine rings is 1. The molecule has 136 valence electrons. The van der Waals surface area contributed by atoms with Crippen LogP contribution in [0.25, 0.3) is 0 Å². The third kappa shape index (κ3) is 3.35. The largest absolute Gasteiger partial charge is 0.421 e. The molecule has 2 aliphatic rings. The van der Waals surface area contributed by atoms with E-state index in [1.165, 1.54) is 18.4 Å². The van der Waals surface area contributed by atoms with Gasteiger partial charge in [0.05, 0.1) is 11.7 Å². The maximum absolute atomic E-state index is 6.02. The molecule has 0 spiro atoms. The van der Waals surface area contributed by atoms with Crippen molar-refractivity contribution in [2.24, 2.45) is 0 Å². The van der Waals surface area contributed by atoms with Gasteiger partial charge in [-0.15, -0.1) is 10.2 Å². The minimum absolute atomic E-state index is 0.0229. The van der Waals surface area contributed by atoms with Crippen molar-refractivity contribution in [2.45, 2.75) is 71.1 Å². The summed E-state index contributed by atoms with van der Waals surface area (Å²) < 4.78 is 17.1. The predicted octanol–water partition coefficient (Wildman–Crippen LogP) is 3.51. The summed E-state index contributed by atoms with van der Waals surface area (Å²) in [7, 11) is 0. The van der Waals surface area contributed by atoms with Gasteiger partial charge in [-0.25, -0.2) is 0 Å². The highest BCUT2D eigenvalue weighted by Gasteiger charge is 2.32. The van der Waals surface area contributed by atoms with Crippen LogP contribution in [0.15, 0.2) is 8.94 Å². The van der Waals surface area contributed by atoms with Crippen LogP contribution in [-0.4, -0.2) is 33.4 Å². The van der Waals surface area contributed by atoms with Crippen LogP contribution in [0, 0.1) is 6.92 Å². The Morgan fingerprint density at radius 3 is 2.80 bits per heavy atom. The van der Waals surface area contributed by atoms with E-state index in [1.807, 2.05) is 6.92 Å². The minimum atomic E-state index is -0.0229. The van der Waals surface area contributed by atoms with Gasteiger partial charge in [0.25, 0.3) is 0 Å². The van der Waals surface area contributed by atoms with Gasteiger partial charge in [0.15, 0.2) is 0 Å². The van der Waals surface area contributed by atoms with E-state index in [2.05, 4.69) is 27.2 Å².